The summed E-state index contributed by atoms with van der Waals surface area (Å²) in [5, 5.41) is 30.1. The second-order valence-electron chi connectivity index (χ2n) is 5.02. The van der Waals surface area contributed by atoms with Crippen LogP contribution in [0.1, 0.15) is 0 Å². The Hall–Kier alpha value is -2.99. The van der Waals surface area contributed by atoms with Gasteiger partial charge in [0.2, 0.25) is 0 Å². The van der Waals surface area contributed by atoms with Crippen molar-refractivity contribution >= 4 is 22.2 Å². The molecule has 112 valence electrons. The zero-order valence-electron chi connectivity index (χ0n) is 11.8. The van der Waals surface area contributed by atoms with Gasteiger partial charge in [-0.1, -0.05) is 17.4 Å². The Morgan fingerprint density at radius 3 is 2.61 bits per heavy atom. The van der Waals surface area contributed by atoms with Crippen molar-refractivity contribution in [3.8, 4) is 32.6 Å². The fourth-order valence-corrected chi connectivity index (χ4v) is 3.23. The molecule has 2 heterocycles. The molecule has 0 fully saturated rings. The highest BCUT2D eigenvalue weighted by molar-refractivity contribution is 7.18. The van der Waals surface area contributed by atoms with Gasteiger partial charge in [0.1, 0.15) is 16.5 Å². The molecule has 0 saturated carbocycles. The number of aromatic nitrogens is 3. The Balaban J connectivity index is 1.77. The third kappa shape index (κ3) is 2.49. The first-order chi connectivity index (χ1) is 11.2. The van der Waals surface area contributed by atoms with Crippen LogP contribution in [0.3, 0.4) is 0 Å². The van der Waals surface area contributed by atoms with Gasteiger partial charge in [-0.05, 0) is 36.4 Å². The monoisotopic (exact) mass is 321 g/mol. The summed E-state index contributed by atoms with van der Waals surface area (Å²) >= 11 is 1.38. The zero-order chi connectivity index (χ0) is 15.8. The van der Waals surface area contributed by atoms with Crippen molar-refractivity contribution < 1.29 is 10.2 Å². The predicted molar refractivity (Wildman–Crippen MR) is 89.4 cm³/mol. The number of benzene rings is 2. The molecular formula is C17H11N3O2S. The molecule has 0 radical (unpaired) electrons. The molecule has 0 aliphatic heterocycles. The van der Waals surface area contributed by atoms with Gasteiger partial charge in [-0.2, -0.15) is 0 Å². The molecule has 5 nitrogen and oxygen atoms in total. The first-order valence-electron chi connectivity index (χ1n) is 6.92. The second kappa shape index (κ2) is 5.33. The summed E-state index contributed by atoms with van der Waals surface area (Å²) in [6.07, 6.45) is 1.76. The van der Waals surface area contributed by atoms with E-state index >= 15 is 0 Å². The zero-order valence-corrected chi connectivity index (χ0v) is 12.7. The number of fused-ring (bicyclic) bond motifs is 1. The van der Waals surface area contributed by atoms with Crippen LogP contribution in [0.15, 0.2) is 54.7 Å². The number of hydrogen-bond acceptors (Lipinski definition) is 6. The number of rotatable bonds is 2. The number of aromatic hydroxyl groups is 2. The lowest BCUT2D eigenvalue weighted by atomic mass is 10.1. The Bertz CT molecular complexity index is 1010. The van der Waals surface area contributed by atoms with E-state index in [2.05, 4.69) is 15.2 Å². The van der Waals surface area contributed by atoms with E-state index in [1.165, 1.54) is 23.5 Å². The molecule has 4 rings (SSSR count). The number of pyridine rings is 1. The SMILES string of the molecule is Oc1ccc(-c2nnc(-c3ccc4ncccc4c3)s2)c(O)c1. The van der Waals surface area contributed by atoms with Crippen molar-refractivity contribution in [3.05, 3.63) is 54.7 Å². The summed E-state index contributed by atoms with van der Waals surface area (Å²) in [7, 11) is 0. The Morgan fingerprint density at radius 2 is 1.74 bits per heavy atom. The van der Waals surface area contributed by atoms with E-state index in [0.29, 0.717) is 10.6 Å². The summed E-state index contributed by atoms with van der Waals surface area (Å²) in [6, 6.07) is 14.2. The van der Waals surface area contributed by atoms with Crippen LogP contribution in [0, 0.1) is 0 Å². The van der Waals surface area contributed by atoms with Gasteiger partial charge < -0.3 is 10.2 Å². The lowest BCUT2D eigenvalue weighted by Crippen LogP contribution is -1.80. The third-order valence-corrected chi connectivity index (χ3v) is 4.49. The van der Waals surface area contributed by atoms with Crippen molar-refractivity contribution in [1.29, 1.82) is 0 Å². The van der Waals surface area contributed by atoms with Crippen LogP contribution >= 0.6 is 11.3 Å². The quantitative estimate of drug-likeness (QED) is 0.586. The van der Waals surface area contributed by atoms with Crippen LogP contribution in [0.25, 0.3) is 32.0 Å². The number of phenolic OH excluding ortho intramolecular Hbond substituents is 2. The first kappa shape index (κ1) is 13.7. The average molecular weight is 321 g/mol. The van der Waals surface area contributed by atoms with Crippen molar-refractivity contribution in [3.63, 3.8) is 0 Å². The smallest absolute Gasteiger partial charge is 0.151 e. The highest BCUT2D eigenvalue weighted by Gasteiger charge is 2.13. The van der Waals surface area contributed by atoms with E-state index < -0.39 is 0 Å². The molecule has 0 atom stereocenters. The molecule has 0 aliphatic rings. The van der Waals surface area contributed by atoms with Crippen LogP contribution in [-0.4, -0.2) is 25.4 Å². The Kier molecular flexibility index (Phi) is 3.17. The molecule has 0 unspecified atom stereocenters. The minimum atomic E-state index is -0.0181. The lowest BCUT2D eigenvalue weighted by Gasteiger charge is -2.00. The van der Waals surface area contributed by atoms with Gasteiger partial charge in [0.05, 0.1) is 11.1 Å². The van der Waals surface area contributed by atoms with Gasteiger partial charge in [-0.15, -0.1) is 10.2 Å². The van der Waals surface area contributed by atoms with Gasteiger partial charge in [0, 0.05) is 23.2 Å². The van der Waals surface area contributed by atoms with E-state index in [0.717, 1.165) is 21.5 Å². The van der Waals surface area contributed by atoms with Crippen molar-refractivity contribution in [2.75, 3.05) is 0 Å². The van der Waals surface area contributed by atoms with Gasteiger partial charge in [0.15, 0.2) is 5.01 Å². The molecule has 4 aromatic rings. The molecule has 6 heteroatoms. The summed E-state index contributed by atoms with van der Waals surface area (Å²) in [5.41, 5.74) is 2.43. The Labute approximate surface area is 135 Å². The summed E-state index contributed by atoms with van der Waals surface area (Å²) in [4.78, 5) is 4.30. The molecular weight excluding hydrogens is 310 g/mol. The van der Waals surface area contributed by atoms with E-state index in [1.807, 2.05) is 30.3 Å². The first-order valence-corrected chi connectivity index (χ1v) is 7.73. The van der Waals surface area contributed by atoms with Crippen LogP contribution in [0.5, 0.6) is 11.5 Å². The highest BCUT2D eigenvalue weighted by Crippen LogP contribution is 2.36. The summed E-state index contributed by atoms with van der Waals surface area (Å²) in [6.45, 7) is 0. The molecule has 2 aromatic heterocycles. The maximum Gasteiger partial charge on any atom is 0.151 e. The largest absolute Gasteiger partial charge is 0.508 e. The topological polar surface area (TPSA) is 79.1 Å². The fraction of sp³-hybridized carbons (Fsp3) is 0. The molecule has 0 aliphatic carbocycles. The van der Waals surface area contributed by atoms with Gasteiger partial charge in [-0.25, -0.2) is 0 Å². The third-order valence-electron chi connectivity index (χ3n) is 3.49. The lowest BCUT2D eigenvalue weighted by molar-refractivity contribution is 0.452. The van der Waals surface area contributed by atoms with Crippen molar-refractivity contribution in [2.45, 2.75) is 0 Å². The molecule has 0 amide bonds. The van der Waals surface area contributed by atoms with Crippen molar-refractivity contribution in [2.24, 2.45) is 0 Å². The van der Waals surface area contributed by atoms with Gasteiger partial charge in [-0.3, -0.25) is 4.98 Å². The molecule has 2 N–H and O–H groups in total. The van der Waals surface area contributed by atoms with Crippen LogP contribution in [0.2, 0.25) is 0 Å². The molecule has 2 aromatic carbocycles. The van der Waals surface area contributed by atoms with Crippen LogP contribution in [-0.2, 0) is 0 Å². The van der Waals surface area contributed by atoms with E-state index in [9.17, 15) is 10.2 Å². The minimum absolute atomic E-state index is 0.0121. The number of nitrogens with zero attached hydrogens (tertiary/aromatic N) is 3. The predicted octanol–water partition coefficient (Wildman–Crippen LogP) is 3.83. The normalized spacial score (nSPS) is 11.0. The minimum Gasteiger partial charge on any atom is -0.508 e. The molecule has 0 spiro atoms. The Morgan fingerprint density at radius 1 is 0.870 bits per heavy atom. The average Bonchev–Trinajstić information content (AvgIpc) is 3.04. The molecule has 0 bridgehead atoms. The van der Waals surface area contributed by atoms with E-state index in [-0.39, 0.29) is 11.5 Å². The number of phenols is 2. The number of hydrogen-bond donors (Lipinski definition) is 2. The standard InChI is InChI=1S/C17H11N3O2S/c21-12-4-5-13(15(22)9-12)17-20-19-16(23-17)11-3-6-14-10(8-11)2-1-7-18-14/h1-9,21-22H. The van der Waals surface area contributed by atoms with Gasteiger partial charge in [0.25, 0.3) is 0 Å². The second-order valence-corrected chi connectivity index (χ2v) is 6.00. The summed E-state index contributed by atoms with van der Waals surface area (Å²) in [5.74, 6) is -0.00608. The van der Waals surface area contributed by atoms with Crippen molar-refractivity contribution in [1.82, 2.24) is 15.2 Å². The van der Waals surface area contributed by atoms with E-state index in [4.69, 9.17) is 0 Å². The maximum atomic E-state index is 9.94. The highest BCUT2D eigenvalue weighted by atomic mass is 32.1. The summed E-state index contributed by atoms with van der Waals surface area (Å²) < 4.78 is 0. The van der Waals surface area contributed by atoms with Crippen LogP contribution < -0.4 is 0 Å². The van der Waals surface area contributed by atoms with Gasteiger partial charge >= 0.3 is 0 Å². The molecule has 0 saturated heterocycles. The molecule has 23 heavy (non-hydrogen) atoms. The fourth-order valence-electron chi connectivity index (χ4n) is 2.36. The maximum absolute atomic E-state index is 9.94. The van der Waals surface area contributed by atoms with E-state index in [1.54, 1.807) is 12.3 Å². The van der Waals surface area contributed by atoms with Crippen LogP contribution in [0.4, 0.5) is 0 Å².